The van der Waals surface area contributed by atoms with Crippen molar-refractivity contribution in [3.8, 4) is 11.5 Å². The van der Waals surface area contributed by atoms with Crippen LogP contribution in [0.2, 0.25) is 5.02 Å². The lowest BCUT2D eigenvalue weighted by molar-refractivity contribution is -0.121. The first-order valence-electron chi connectivity index (χ1n) is 8.94. The fourth-order valence-corrected chi connectivity index (χ4v) is 3.40. The molecule has 1 N–H and O–H groups in total. The third kappa shape index (κ3) is 3.57. The summed E-state index contributed by atoms with van der Waals surface area (Å²) in [5.41, 5.74) is 2.55. The molecular weight excluding hydrogens is 366 g/mol. The molecule has 140 valence electrons. The highest BCUT2D eigenvalue weighted by atomic mass is 35.5. The van der Waals surface area contributed by atoms with Gasteiger partial charge in [-0.15, -0.1) is 0 Å². The van der Waals surface area contributed by atoms with E-state index in [1.807, 2.05) is 47.9 Å². The zero-order valence-corrected chi connectivity index (χ0v) is 15.8. The molecule has 7 heteroatoms. The van der Waals surface area contributed by atoms with Crippen molar-refractivity contribution in [3.63, 3.8) is 0 Å². The van der Waals surface area contributed by atoms with E-state index in [0.717, 1.165) is 28.8 Å². The van der Waals surface area contributed by atoms with E-state index in [1.165, 1.54) is 0 Å². The molecule has 27 heavy (non-hydrogen) atoms. The van der Waals surface area contributed by atoms with Crippen LogP contribution >= 0.6 is 11.6 Å². The molecule has 2 heterocycles. The number of fused-ring (bicyclic) bond motifs is 2. The van der Waals surface area contributed by atoms with Crippen molar-refractivity contribution in [1.82, 2.24) is 14.9 Å². The molecule has 0 unspecified atom stereocenters. The molecule has 0 fully saturated rings. The number of carbonyl (C=O) groups excluding carboxylic acids is 1. The standard InChI is InChI=1S/C20H20ClN3O3/c1-2-19-23-15-9-17-18(27-8-7-26-17)10-16(15)24(19)12-20(25)22-11-13-5-3-4-6-14(13)21/h3-6,9-10H,2,7-8,11-12H2,1H3,(H,22,25). The summed E-state index contributed by atoms with van der Waals surface area (Å²) >= 11 is 6.15. The van der Waals surface area contributed by atoms with Gasteiger partial charge in [0.05, 0.1) is 11.0 Å². The molecule has 1 aromatic heterocycles. The Bertz CT molecular complexity index is 1000. The van der Waals surface area contributed by atoms with Gasteiger partial charge < -0.3 is 19.4 Å². The summed E-state index contributed by atoms with van der Waals surface area (Å²) in [6.07, 6.45) is 0.721. The van der Waals surface area contributed by atoms with E-state index in [9.17, 15) is 4.79 Å². The zero-order chi connectivity index (χ0) is 18.8. The summed E-state index contributed by atoms with van der Waals surface area (Å²) in [6, 6.07) is 11.3. The Labute approximate surface area is 162 Å². The van der Waals surface area contributed by atoms with Crippen molar-refractivity contribution in [3.05, 3.63) is 52.8 Å². The molecule has 0 aliphatic carbocycles. The van der Waals surface area contributed by atoms with Crippen LogP contribution in [0.4, 0.5) is 0 Å². The van der Waals surface area contributed by atoms with Gasteiger partial charge in [0, 0.05) is 30.1 Å². The van der Waals surface area contributed by atoms with Crippen LogP contribution in [0.1, 0.15) is 18.3 Å². The Hall–Kier alpha value is -2.73. The third-order valence-electron chi connectivity index (χ3n) is 4.54. The number of nitrogens with zero attached hydrogens (tertiary/aromatic N) is 2. The predicted molar refractivity (Wildman–Crippen MR) is 103 cm³/mol. The summed E-state index contributed by atoms with van der Waals surface area (Å²) < 4.78 is 13.2. The highest BCUT2D eigenvalue weighted by Gasteiger charge is 2.19. The normalized spacial score (nSPS) is 13.0. The van der Waals surface area contributed by atoms with Gasteiger partial charge in [-0.2, -0.15) is 0 Å². The second-order valence-electron chi connectivity index (χ2n) is 6.32. The molecule has 0 saturated heterocycles. The summed E-state index contributed by atoms with van der Waals surface area (Å²) in [4.78, 5) is 17.2. The maximum absolute atomic E-state index is 12.5. The van der Waals surface area contributed by atoms with Gasteiger partial charge >= 0.3 is 0 Å². The molecule has 3 aromatic rings. The van der Waals surface area contributed by atoms with Gasteiger partial charge in [0.15, 0.2) is 11.5 Å². The van der Waals surface area contributed by atoms with Crippen LogP contribution in [0.25, 0.3) is 11.0 Å². The Morgan fingerprint density at radius 3 is 2.70 bits per heavy atom. The first-order chi connectivity index (χ1) is 13.2. The number of ether oxygens (including phenoxy) is 2. The maximum atomic E-state index is 12.5. The van der Waals surface area contributed by atoms with Gasteiger partial charge in [-0.1, -0.05) is 36.7 Å². The van der Waals surface area contributed by atoms with Crippen LogP contribution in [0, 0.1) is 0 Å². The molecular formula is C20H20ClN3O3. The highest BCUT2D eigenvalue weighted by Crippen LogP contribution is 2.34. The lowest BCUT2D eigenvalue weighted by Crippen LogP contribution is -2.27. The van der Waals surface area contributed by atoms with Crippen LogP contribution in [0.3, 0.4) is 0 Å². The van der Waals surface area contributed by atoms with Crippen molar-refractivity contribution in [2.45, 2.75) is 26.4 Å². The average molecular weight is 386 g/mol. The quantitative estimate of drug-likeness (QED) is 0.731. The molecule has 2 aromatic carbocycles. The van der Waals surface area contributed by atoms with E-state index in [2.05, 4.69) is 10.3 Å². The molecule has 1 aliphatic rings. The van der Waals surface area contributed by atoms with E-state index in [4.69, 9.17) is 21.1 Å². The molecule has 0 radical (unpaired) electrons. The maximum Gasteiger partial charge on any atom is 0.240 e. The van der Waals surface area contributed by atoms with Crippen molar-refractivity contribution in [2.24, 2.45) is 0 Å². The largest absolute Gasteiger partial charge is 0.486 e. The van der Waals surface area contributed by atoms with Crippen molar-refractivity contribution in [1.29, 1.82) is 0 Å². The van der Waals surface area contributed by atoms with Crippen LogP contribution in [0.15, 0.2) is 36.4 Å². The lowest BCUT2D eigenvalue weighted by atomic mass is 10.2. The van der Waals surface area contributed by atoms with Gasteiger partial charge in [0.1, 0.15) is 25.6 Å². The van der Waals surface area contributed by atoms with Crippen molar-refractivity contribution in [2.75, 3.05) is 13.2 Å². The lowest BCUT2D eigenvalue weighted by Gasteiger charge is -2.18. The molecule has 6 nitrogen and oxygen atoms in total. The third-order valence-corrected chi connectivity index (χ3v) is 4.91. The van der Waals surface area contributed by atoms with Gasteiger partial charge in [0.25, 0.3) is 0 Å². The number of hydrogen-bond donors (Lipinski definition) is 1. The molecule has 4 rings (SSSR count). The number of imidazole rings is 1. The average Bonchev–Trinajstić information content (AvgIpc) is 3.02. The summed E-state index contributed by atoms with van der Waals surface area (Å²) in [5, 5.41) is 3.57. The number of aromatic nitrogens is 2. The van der Waals surface area contributed by atoms with Gasteiger partial charge in [-0.05, 0) is 11.6 Å². The second-order valence-corrected chi connectivity index (χ2v) is 6.73. The van der Waals surface area contributed by atoms with Crippen LogP contribution in [-0.2, 0) is 24.3 Å². The number of hydrogen-bond acceptors (Lipinski definition) is 4. The minimum atomic E-state index is -0.0983. The fourth-order valence-electron chi connectivity index (χ4n) is 3.19. The topological polar surface area (TPSA) is 65.4 Å². The van der Waals surface area contributed by atoms with E-state index >= 15 is 0 Å². The molecule has 0 saturated carbocycles. The molecule has 0 bridgehead atoms. The number of amides is 1. The van der Waals surface area contributed by atoms with E-state index < -0.39 is 0 Å². The molecule has 0 atom stereocenters. The number of nitrogens with one attached hydrogen (secondary N) is 1. The molecule has 0 spiro atoms. The van der Waals surface area contributed by atoms with Gasteiger partial charge in [-0.25, -0.2) is 4.98 Å². The molecule has 1 aliphatic heterocycles. The first-order valence-corrected chi connectivity index (χ1v) is 9.32. The predicted octanol–water partition coefficient (Wildman–Crippen LogP) is 3.34. The number of rotatable bonds is 5. The monoisotopic (exact) mass is 385 g/mol. The Morgan fingerprint density at radius 2 is 1.96 bits per heavy atom. The Balaban J connectivity index is 1.57. The number of halogens is 1. The number of carbonyl (C=O) groups is 1. The van der Waals surface area contributed by atoms with Gasteiger partial charge in [-0.3, -0.25) is 4.79 Å². The van der Waals surface area contributed by atoms with Crippen molar-refractivity contribution >= 4 is 28.5 Å². The first kappa shape index (κ1) is 17.7. The second kappa shape index (κ2) is 7.48. The zero-order valence-electron chi connectivity index (χ0n) is 15.0. The van der Waals surface area contributed by atoms with Crippen LogP contribution in [-0.4, -0.2) is 28.7 Å². The van der Waals surface area contributed by atoms with Gasteiger partial charge in [0.2, 0.25) is 5.91 Å². The summed E-state index contributed by atoms with van der Waals surface area (Å²) in [5.74, 6) is 2.14. The fraction of sp³-hybridized carbons (Fsp3) is 0.300. The minimum Gasteiger partial charge on any atom is -0.486 e. The van der Waals surface area contributed by atoms with Crippen LogP contribution < -0.4 is 14.8 Å². The molecule has 1 amide bonds. The Morgan fingerprint density at radius 1 is 1.22 bits per heavy atom. The summed E-state index contributed by atoms with van der Waals surface area (Å²) in [6.45, 7) is 3.64. The highest BCUT2D eigenvalue weighted by molar-refractivity contribution is 6.31. The minimum absolute atomic E-state index is 0.0983. The SMILES string of the molecule is CCc1nc2cc3c(cc2n1CC(=O)NCc1ccccc1Cl)OCCO3. The Kier molecular flexibility index (Phi) is 4.90. The summed E-state index contributed by atoms with van der Waals surface area (Å²) in [7, 11) is 0. The van der Waals surface area contributed by atoms with E-state index in [-0.39, 0.29) is 12.5 Å². The van der Waals surface area contributed by atoms with E-state index in [1.54, 1.807) is 0 Å². The number of aryl methyl sites for hydroxylation is 1. The van der Waals surface area contributed by atoms with Crippen molar-refractivity contribution < 1.29 is 14.3 Å². The smallest absolute Gasteiger partial charge is 0.240 e. The number of benzene rings is 2. The van der Waals surface area contributed by atoms with E-state index in [0.29, 0.717) is 36.3 Å². The van der Waals surface area contributed by atoms with Crippen LogP contribution in [0.5, 0.6) is 11.5 Å².